The van der Waals surface area contributed by atoms with Crippen molar-refractivity contribution in [3.63, 3.8) is 0 Å². The summed E-state index contributed by atoms with van der Waals surface area (Å²) in [6, 6.07) is 4.85. The van der Waals surface area contributed by atoms with Crippen molar-refractivity contribution in [1.29, 1.82) is 0 Å². The molecule has 0 aliphatic heterocycles. The summed E-state index contributed by atoms with van der Waals surface area (Å²) >= 11 is 5.75. The van der Waals surface area contributed by atoms with E-state index < -0.39 is 21.6 Å². The Morgan fingerprint density at radius 2 is 1.96 bits per heavy atom. The number of benzene rings is 1. The van der Waals surface area contributed by atoms with Crippen molar-refractivity contribution in [3.8, 4) is 0 Å². The second kappa shape index (κ2) is 6.76. The first-order valence-electron chi connectivity index (χ1n) is 7.48. The summed E-state index contributed by atoms with van der Waals surface area (Å²) < 4.78 is 26.9. The quantitative estimate of drug-likeness (QED) is 0.681. The number of carbonyl (C=O) groups is 1. The van der Waals surface area contributed by atoms with Gasteiger partial charge in [0.2, 0.25) is 15.9 Å². The van der Waals surface area contributed by atoms with Gasteiger partial charge in [0, 0.05) is 11.6 Å². The molecule has 1 aliphatic rings. The number of rotatable bonds is 7. The molecular weight excluding hydrogens is 338 g/mol. The van der Waals surface area contributed by atoms with Gasteiger partial charge in [-0.1, -0.05) is 11.6 Å². The zero-order chi connectivity index (χ0) is 17.3. The van der Waals surface area contributed by atoms with Gasteiger partial charge < -0.3 is 11.1 Å². The van der Waals surface area contributed by atoms with Crippen LogP contribution in [0.4, 0.5) is 0 Å². The highest BCUT2D eigenvalue weighted by Crippen LogP contribution is 2.38. The summed E-state index contributed by atoms with van der Waals surface area (Å²) in [6.45, 7) is 3.72. The zero-order valence-electron chi connectivity index (χ0n) is 13.2. The van der Waals surface area contributed by atoms with E-state index >= 15 is 0 Å². The van der Waals surface area contributed by atoms with Crippen molar-refractivity contribution in [2.24, 2.45) is 11.7 Å². The summed E-state index contributed by atoms with van der Waals surface area (Å²) in [4.78, 5) is 12.4. The molecular formula is C15H22ClN3O3S. The molecule has 0 bridgehead atoms. The van der Waals surface area contributed by atoms with Crippen LogP contribution in [-0.4, -0.2) is 32.5 Å². The predicted molar refractivity (Wildman–Crippen MR) is 89.6 cm³/mol. The standard InChI is InChI=1S/C15H22ClN3O3S/c1-10(14(20)18-15(2,9-17)11-3-4-11)19-23(21,22)13-7-5-12(16)6-8-13/h5-8,10-11,19H,3-4,9,17H2,1-2H3,(H,18,20). The van der Waals surface area contributed by atoms with Gasteiger partial charge in [-0.3, -0.25) is 4.79 Å². The maximum Gasteiger partial charge on any atom is 0.241 e. The molecule has 128 valence electrons. The van der Waals surface area contributed by atoms with E-state index in [0.717, 1.165) is 12.8 Å². The Bertz CT molecular complexity index is 674. The predicted octanol–water partition coefficient (Wildman–Crippen LogP) is 1.25. The molecule has 0 saturated heterocycles. The van der Waals surface area contributed by atoms with Gasteiger partial charge in [0.25, 0.3) is 0 Å². The monoisotopic (exact) mass is 359 g/mol. The molecule has 1 saturated carbocycles. The van der Waals surface area contributed by atoms with E-state index in [4.69, 9.17) is 17.3 Å². The number of sulfonamides is 1. The minimum Gasteiger partial charge on any atom is -0.348 e. The molecule has 1 amide bonds. The number of hydrogen-bond acceptors (Lipinski definition) is 4. The van der Waals surface area contributed by atoms with Crippen molar-refractivity contribution >= 4 is 27.5 Å². The first-order valence-corrected chi connectivity index (χ1v) is 9.34. The van der Waals surface area contributed by atoms with Gasteiger partial charge >= 0.3 is 0 Å². The van der Waals surface area contributed by atoms with E-state index in [1.54, 1.807) is 0 Å². The number of carbonyl (C=O) groups excluding carboxylic acids is 1. The fourth-order valence-electron chi connectivity index (χ4n) is 2.40. The van der Waals surface area contributed by atoms with Crippen LogP contribution in [0.25, 0.3) is 0 Å². The molecule has 0 heterocycles. The van der Waals surface area contributed by atoms with Crippen molar-refractivity contribution in [1.82, 2.24) is 10.0 Å². The molecule has 8 heteroatoms. The van der Waals surface area contributed by atoms with Gasteiger partial charge in [0.15, 0.2) is 0 Å². The first kappa shape index (κ1) is 18.2. The van der Waals surface area contributed by atoms with E-state index in [0.29, 0.717) is 17.5 Å². The number of halogens is 1. The Balaban J connectivity index is 2.03. The van der Waals surface area contributed by atoms with E-state index in [1.165, 1.54) is 31.2 Å². The van der Waals surface area contributed by atoms with E-state index in [9.17, 15) is 13.2 Å². The summed E-state index contributed by atoms with van der Waals surface area (Å²) in [5, 5.41) is 3.32. The molecule has 0 spiro atoms. The van der Waals surface area contributed by atoms with Crippen LogP contribution in [0.3, 0.4) is 0 Å². The molecule has 6 nitrogen and oxygen atoms in total. The van der Waals surface area contributed by atoms with Gasteiger partial charge in [-0.25, -0.2) is 8.42 Å². The summed E-state index contributed by atoms with van der Waals surface area (Å²) in [7, 11) is -3.79. The Morgan fingerprint density at radius 1 is 1.39 bits per heavy atom. The second-order valence-corrected chi connectivity index (χ2v) is 8.33. The third kappa shape index (κ3) is 4.44. The number of amides is 1. The lowest BCUT2D eigenvalue weighted by molar-refractivity contribution is -0.124. The van der Waals surface area contributed by atoms with Gasteiger partial charge in [-0.05, 0) is 56.9 Å². The topological polar surface area (TPSA) is 101 Å². The van der Waals surface area contributed by atoms with E-state index in [1.807, 2.05) is 6.92 Å². The van der Waals surface area contributed by atoms with Crippen molar-refractivity contribution in [2.75, 3.05) is 6.54 Å². The average molecular weight is 360 g/mol. The molecule has 2 rings (SSSR count). The fourth-order valence-corrected chi connectivity index (χ4v) is 3.73. The van der Waals surface area contributed by atoms with Crippen LogP contribution in [0, 0.1) is 5.92 Å². The van der Waals surface area contributed by atoms with Gasteiger partial charge in [0.05, 0.1) is 16.5 Å². The molecule has 1 fully saturated rings. The highest BCUT2D eigenvalue weighted by molar-refractivity contribution is 7.89. The maximum atomic E-state index is 12.3. The molecule has 1 aromatic rings. The lowest BCUT2D eigenvalue weighted by Gasteiger charge is -2.31. The van der Waals surface area contributed by atoms with Crippen LogP contribution >= 0.6 is 11.6 Å². The highest BCUT2D eigenvalue weighted by Gasteiger charge is 2.42. The molecule has 23 heavy (non-hydrogen) atoms. The van der Waals surface area contributed by atoms with Crippen LogP contribution in [-0.2, 0) is 14.8 Å². The largest absolute Gasteiger partial charge is 0.348 e. The lowest BCUT2D eigenvalue weighted by Crippen LogP contribution is -2.57. The minimum atomic E-state index is -3.79. The van der Waals surface area contributed by atoms with Crippen molar-refractivity contribution in [3.05, 3.63) is 29.3 Å². The molecule has 1 aromatic carbocycles. The van der Waals surface area contributed by atoms with Gasteiger partial charge in [-0.2, -0.15) is 4.72 Å². The lowest BCUT2D eigenvalue weighted by atomic mass is 9.95. The van der Waals surface area contributed by atoms with Crippen LogP contribution in [0.5, 0.6) is 0 Å². The summed E-state index contributed by atoms with van der Waals surface area (Å²) in [5.74, 6) is -0.0288. The normalized spacial score (nSPS) is 19.0. The van der Waals surface area contributed by atoms with Crippen LogP contribution in [0.2, 0.25) is 5.02 Å². The zero-order valence-corrected chi connectivity index (χ0v) is 14.7. The number of nitrogens with one attached hydrogen (secondary N) is 2. The Labute approximate surface area is 141 Å². The van der Waals surface area contributed by atoms with E-state index in [2.05, 4.69) is 10.0 Å². The number of nitrogens with two attached hydrogens (primary N) is 1. The third-order valence-electron chi connectivity index (χ3n) is 4.16. The number of hydrogen-bond donors (Lipinski definition) is 3. The Hall–Kier alpha value is -1.15. The first-order chi connectivity index (χ1) is 10.7. The van der Waals surface area contributed by atoms with Crippen LogP contribution in [0.1, 0.15) is 26.7 Å². The molecule has 2 unspecified atom stereocenters. The van der Waals surface area contributed by atoms with Crippen LogP contribution < -0.4 is 15.8 Å². The van der Waals surface area contributed by atoms with Gasteiger partial charge in [-0.15, -0.1) is 0 Å². The molecule has 1 aliphatic carbocycles. The van der Waals surface area contributed by atoms with Crippen LogP contribution in [0.15, 0.2) is 29.2 Å². The maximum absolute atomic E-state index is 12.3. The van der Waals surface area contributed by atoms with Crippen molar-refractivity contribution < 1.29 is 13.2 Å². The Kier molecular flexibility index (Phi) is 5.35. The molecule has 0 radical (unpaired) electrons. The molecule has 4 N–H and O–H groups in total. The fraction of sp³-hybridized carbons (Fsp3) is 0.533. The smallest absolute Gasteiger partial charge is 0.241 e. The summed E-state index contributed by atoms with van der Waals surface area (Å²) in [5.41, 5.74) is 5.27. The average Bonchev–Trinajstić information content (AvgIpc) is 3.32. The SMILES string of the molecule is CC(NS(=O)(=O)c1ccc(Cl)cc1)C(=O)NC(C)(CN)C1CC1. The summed E-state index contributed by atoms with van der Waals surface area (Å²) in [6.07, 6.45) is 2.05. The van der Waals surface area contributed by atoms with Gasteiger partial charge in [0.1, 0.15) is 0 Å². The minimum absolute atomic E-state index is 0.0605. The second-order valence-electron chi connectivity index (χ2n) is 6.18. The van der Waals surface area contributed by atoms with E-state index in [-0.39, 0.29) is 10.8 Å². The van der Waals surface area contributed by atoms with Crippen molar-refractivity contribution in [2.45, 2.75) is 43.2 Å². The molecule has 2 atom stereocenters. The third-order valence-corrected chi connectivity index (χ3v) is 5.97. The molecule has 0 aromatic heterocycles. The highest BCUT2D eigenvalue weighted by atomic mass is 35.5. The Morgan fingerprint density at radius 3 is 2.43 bits per heavy atom.